The predicted octanol–water partition coefficient (Wildman–Crippen LogP) is 4.85. The van der Waals surface area contributed by atoms with E-state index in [1.165, 1.54) is 30.5 Å². The van der Waals surface area contributed by atoms with E-state index >= 15 is 0 Å². The number of anilines is 2. The molecular weight excluding hydrogens is 436 g/mol. The summed E-state index contributed by atoms with van der Waals surface area (Å²) < 4.78 is 23.8. The average Bonchev–Trinajstić information content (AvgIpc) is 3.24. The molecule has 1 atom stereocenters. The molecule has 0 fully saturated rings. The second-order valence-corrected chi connectivity index (χ2v) is 8.65. The van der Waals surface area contributed by atoms with Crippen LogP contribution in [0.15, 0.2) is 65.7 Å². The number of nitrogens with one attached hydrogen (secondary N) is 1. The summed E-state index contributed by atoms with van der Waals surface area (Å²) in [7, 11) is 0. The van der Waals surface area contributed by atoms with Crippen molar-refractivity contribution < 1.29 is 23.5 Å². The summed E-state index contributed by atoms with van der Waals surface area (Å²) in [6.07, 6.45) is 1.23. The molecule has 2 aromatic carbocycles. The van der Waals surface area contributed by atoms with Crippen molar-refractivity contribution in [1.82, 2.24) is 4.98 Å². The van der Waals surface area contributed by atoms with Crippen molar-refractivity contribution in [3.05, 3.63) is 71.2 Å². The van der Waals surface area contributed by atoms with E-state index < -0.39 is 17.0 Å². The van der Waals surface area contributed by atoms with Gasteiger partial charge < -0.3 is 15.0 Å². The van der Waals surface area contributed by atoms with Gasteiger partial charge in [0.05, 0.1) is 32.2 Å². The third kappa shape index (κ3) is 4.11. The van der Waals surface area contributed by atoms with Crippen LogP contribution in [0.5, 0.6) is 0 Å². The molecule has 0 bridgehead atoms. The second-order valence-electron chi connectivity index (χ2n) is 6.66. The molecule has 1 unspecified atom stereocenters. The van der Waals surface area contributed by atoms with Crippen molar-refractivity contribution in [2.24, 2.45) is 0 Å². The Morgan fingerprint density at radius 2 is 1.90 bits per heavy atom. The Labute approximate surface area is 183 Å². The first-order valence-corrected chi connectivity index (χ1v) is 11.0. The number of carboxylic acid groups (broad SMARTS) is 1. The van der Waals surface area contributed by atoms with Crippen LogP contribution in [0.25, 0.3) is 21.3 Å². The maximum Gasteiger partial charge on any atom is 0.337 e. The van der Waals surface area contributed by atoms with Gasteiger partial charge in [0.15, 0.2) is 5.78 Å². The number of thiophene rings is 1. The fourth-order valence-electron chi connectivity index (χ4n) is 3.18. The number of Topliss-reactive ketones (excluding diaryl/α,β-unsaturated/α-hetero) is 1. The van der Waals surface area contributed by atoms with Crippen LogP contribution in [0, 0.1) is 0 Å². The van der Waals surface area contributed by atoms with Gasteiger partial charge in [-0.15, -0.1) is 11.3 Å². The fourth-order valence-corrected chi connectivity index (χ4v) is 4.54. The highest BCUT2D eigenvalue weighted by atomic mass is 32.2. The van der Waals surface area contributed by atoms with Gasteiger partial charge in [0, 0.05) is 16.5 Å². The normalized spacial score (nSPS) is 11.9. The van der Waals surface area contributed by atoms with Gasteiger partial charge in [0.2, 0.25) is 0 Å². The number of para-hydroxylation sites is 1. The van der Waals surface area contributed by atoms with Gasteiger partial charge in [-0.3, -0.25) is 14.0 Å². The predicted molar refractivity (Wildman–Crippen MR) is 119 cm³/mol. The zero-order valence-corrected chi connectivity index (χ0v) is 17.8. The minimum absolute atomic E-state index is 0.00982. The van der Waals surface area contributed by atoms with E-state index in [1.807, 2.05) is 12.1 Å². The van der Waals surface area contributed by atoms with Crippen molar-refractivity contribution in [1.29, 1.82) is 0 Å². The van der Waals surface area contributed by atoms with Gasteiger partial charge in [-0.1, -0.05) is 18.2 Å². The number of rotatable bonds is 6. The SMILES string of the molecule is CC(=O)c1ccc(-c2ccc3ncc(S(=O)[O-])c(Nc4ccccc4C(=O)O)c3c2)s1. The molecule has 0 aliphatic carbocycles. The van der Waals surface area contributed by atoms with E-state index in [2.05, 4.69) is 10.3 Å². The number of carboxylic acids is 1. The Balaban J connectivity index is 1.91. The molecule has 0 amide bonds. The molecule has 0 spiro atoms. The number of nitrogens with zero attached hydrogens (tertiary/aromatic N) is 1. The minimum Gasteiger partial charge on any atom is -0.768 e. The average molecular weight is 452 g/mol. The summed E-state index contributed by atoms with van der Waals surface area (Å²) in [5.74, 6) is -1.17. The number of benzene rings is 2. The van der Waals surface area contributed by atoms with E-state index in [1.54, 1.807) is 36.4 Å². The highest BCUT2D eigenvalue weighted by Gasteiger charge is 2.16. The Bertz CT molecular complexity index is 1360. The highest BCUT2D eigenvalue weighted by molar-refractivity contribution is 7.79. The van der Waals surface area contributed by atoms with Crippen LogP contribution >= 0.6 is 11.3 Å². The van der Waals surface area contributed by atoms with Gasteiger partial charge >= 0.3 is 5.97 Å². The number of hydrogen-bond donors (Lipinski definition) is 2. The Morgan fingerprint density at radius 1 is 1.13 bits per heavy atom. The first-order chi connectivity index (χ1) is 14.8. The molecule has 4 rings (SSSR count). The zero-order chi connectivity index (χ0) is 22.1. The number of ketones is 1. The van der Waals surface area contributed by atoms with Gasteiger partial charge in [0.1, 0.15) is 0 Å². The van der Waals surface area contributed by atoms with E-state index in [0.717, 1.165) is 10.4 Å². The molecule has 2 heterocycles. The first kappa shape index (κ1) is 20.9. The molecular formula is C22H15N2O5S2-. The van der Waals surface area contributed by atoms with Crippen molar-refractivity contribution in [3.63, 3.8) is 0 Å². The number of aromatic nitrogens is 1. The summed E-state index contributed by atoms with van der Waals surface area (Å²) in [5.41, 5.74) is 1.83. The lowest BCUT2D eigenvalue weighted by molar-refractivity contribution is 0.0697. The monoisotopic (exact) mass is 451 g/mol. The van der Waals surface area contributed by atoms with Crippen LogP contribution in [0.4, 0.5) is 11.4 Å². The van der Waals surface area contributed by atoms with Gasteiger partial charge in [0.25, 0.3) is 0 Å². The number of carbonyl (C=O) groups is 2. The summed E-state index contributed by atoms with van der Waals surface area (Å²) in [5, 5.41) is 13.0. The molecule has 9 heteroatoms. The fraction of sp³-hybridized carbons (Fsp3) is 0.0455. The highest BCUT2D eigenvalue weighted by Crippen LogP contribution is 2.36. The molecule has 0 aliphatic heterocycles. The van der Waals surface area contributed by atoms with Gasteiger partial charge in [-0.25, -0.2) is 4.79 Å². The van der Waals surface area contributed by atoms with Crippen molar-refractivity contribution >= 4 is 56.4 Å². The van der Waals surface area contributed by atoms with Crippen LogP contribution in [0.1, 0.15) is 27.0 Å². The summed E-state index contributed by atoms with van der Waals surface area (Å²) in [4.78, 5) is 28.8. The third-order valence-corrected chi connectivity index (χ3v) is 6.57. The van der Waals surface area contributed by atoms with E-state index in [4.69, 9.17) is 0 Å². The van der Waals surface area contributed by atoms with Gasteiger partial charge in [-0.05, 0) is 60.0 Å². The third-order valence-electron chi connectivity index (χ3n) is 4.67. The zero-order valence-electron chi connectivity index (χ0n) is 16.1. The van der Waals surface area contributed by atoms with E-state index in [-0.39, 0.29) is 27.6 Å². The molecule has 0 radical (unpaired) electrons. The lowest BCUT2D eigenvalue weighted by Gasteiger charge is -2.17. The van der Waals surface area contributed by atoms with Crippen molar-refractivity contribution in [2.45, 2.75) is 11.8 Å². The molecule has 0 saturated heterocycles. The largest absolute Gasteiger partial charge is 0.768 e. The molecule has 156 valence electrons. The lowest BCUT2D eigenvalue weighted by atomic mass is 10.1. The molecule has 2 N–H and O–H groups in total. The molecule has 0 aliphatic rings. The van der Waals surface area contributed by atoms with Crippen LogP contribution in [0.2, 0.25) is 0 Å². The number of pyridine rings is 1. The number of carbonyl (C=O) groups excluding carboxylic acids is 1. The maximum absolute atomic E-state index is 11.9. The Kier molecular flexibility index (Phi) is 5.64. The standard InChI is InChI=1S/C22H16N2O5S2/c1-12(25)18-8-9-19(30-18)13-6-7-16-15(10-13)21(20(11-23-16)31(28)29)24-17-5-3-2-4-14(17)22(26)27/h2-11H,1H3,(H,23,24)(H,26,27)(H,28,29)/p-1. The van der Waals surface area contributed by atoms with Crippen molar-refractivity contribution in [2.75, 3.05) is 5.32 Å². The maximum atomic E-state index is 11.9. The van der Waals surface area contributed by atoms with E-state index in [0.29, 0.717) is 15.8 Å². The Hall–Kier alpha value is -3.40. The molecule has 0 saturated carbocycles. The smallest absolute Gasteiger partial charge is 0.337 e. The van der Waals surface area contributed by atoms with E-state index in [9.17, 15) is 23.5 Å². The first-order valence-electron chi connectivity index (χ1n) is 9.07. The Morgan fingerprint density at radius 3 is 2.58 bits per heavy atom. The lowest BCUT2D eigenvalue weighted by Crippen LogP contribution is -2.05. The quantitative estimate of drug-likeness (QED) is 0.318. The summed E-state index contributed by atoms with van der Waals surface area (Å²) in [6, 6.07) is 15.2. The van der Waals surface area contributed by atoms with Gasteiger partial charge in [-0.2, -0.15) is 0 Å². The number of hydrogen-bond acceptors (Lipinski definition) is 7. The molecule has 31 heavy (non-hydrogen) atoms. The number of fused-ring (bicyclic) bond motifs is 1. The molecule has 7 nitrogen and oxygen atoms in total. The van der Waals surface area contributed by atoms with Crippen LogP contribution in [0.3, 0.4) is 0 Å². The van der Waals surface area contributed by atoms with Crippen LogP contribution < -0.4 is 5.32 Å². The number of aromatic carboxylic acids is 1. The minimum atomic E-state index is -2.61. The second kappa shape index (κ2) is 8.38. The van der Waals surface area contributed by atoms with Crippen molar-refractivity contribution in [3.8, 4) is 10.4 Å². The molecule has 2 aromatic heterocycles. The molecule has 4 aromatic rings. The van der Waals surface area contributed by atoms with Crippen LogP contribution in [-0.2, 0) is 11.1 Å². The van der Waals surface area contributed by atoms with Crippen LogP contribution in [-0.4, -0.2) is 30.6 Å². The topological polar surface area (TPSA) is 119 Å². The summed E-state index contributed by atoms with van der Waals surface area (Å²) in [6.45, 7) is 1.50. The summed E-state index contributed by atoms with van der Waals surface area (Å²) >= 11 is -1.27.